The number of nitrogens with one attached hydrogen (secondary N) is 1. The molecule has 0 spiro atoms. The molecule has 1 atom stereocenters. The molecule has 0 aliphatic carbocycles. The van der Waals surface area contributed by atoms with Crippen LogP contribution in [0.25, 0.3) is 0 Å². The smallest absolute Gasteiger partial charge is 0.137 e. The van der Waals surface area contributed by atoms with Gasteiger partial charge in [0.05, 0.1) is 16.8 Å². The molecule has 0 saturated carbocycles. The average Bonchev–Trinajstić information content (AvgIpc) is 2.78. The summed E-state index contributed by atoms with van der Waals surface area (Å²) in [6, 6.07) is 3.73. The van der Waals surface area contributed by atoms with Crippen LogP contribution in [-0.4, -0.2) is 6.54 Å². The van der Waals surface area contributed by atoms with Gasteiger partial charge in [0.25, 0.3) is 0 Å². The van der Waals surface area contributed by atoms with Crippen molar-refractivity contribution < 1.29 is 13.2 Å². The summed E-state index contributed by atoms with van der Waals surface area (Å²) in [5, 5.41) is 3.13. The highest BCUT2D eigenvalue weighted by atomic mass is 79.9. The van der Waals surface area contributed by atoms with Crippen molar-refractivity contribution in [3.05, 3.63) is 57.5 Å². The monoisotopic (exact) mass is 329 g/mol. The molecule has 5 heteroatoms. The maximum Gasteiger partial charge on any atom is 0.137 e. The molecule has 0 amide bonds. The SMILES string of the molecule is CCNC(c1coc(C)c1)c1cc(F)c(Br)cc1F. The van der Waals surface area contributed by atoms with Gasteiger partial charge in [-0.25, -0.2) is 8.78 Å². The Hall–Kier alpha value is -1.20. The number of hydrogen-bond acceptors (Lipinski definition) is 2. The number of aryl methyl sites for hydroxylation is 1. The van der Waals surface area contributed by atoms with E-state index >= 15 is 0 Å². The van der Waals surface area contributed by atoms with Crippen LogP contribution >= 0.6 is 15.9 Å². The summed E-state index contributed by atoms with van der Waals surface area (Å²) in [6.45, 7) is 4.35. The van der Waals surface area contributed by atoms with Crippen molar-refractivity contribution in [3.8, 4) is 0 Å². The number of halogens is 3. The Kier molecular flexibility index (Phi) is 4.37. The first kappa shape index (κ1) is 14.2. The van der Waals surface area contributed by atoms with Crippen LogP contribution < -0.4 is 5.32 Å². The first-order chi connectivity index (χ1) is 9.02. The Labute approximate surface area is 118 Å². The summed E-state index contributed by atoms with van der Waals surface area (Å²) in [5.41, 5.74) is 1.04. The van der Waals surface area contributed by atoms with Crippen molar-refractivity contribution in [2.45, 2.75) is 19.9 Å². The number of hydrogen-bond donors (Lipinski definition) is 1. The van der Waals surface area contributed by atoms with Gasteiger partial charge in [-0.15, -0.1) is 0 Å². The van der Waals surface area contributed by atoms with Crippen molar-refractivity contribution in [1.29, 1.82) is 0 Å². The van der Waals surface area contributed by atoms with E-state index in [4.69, 9.17) is 4.42 Å². The third-order valence-corrected chi connectivity index (χ3v) is 3.45. The van der Waals surface area contributed by atoms with Crippen molar-refractivity contribution in [2.24, 2.45) is 0 Å². The molecular weight excluding hydrogens is 316 g/mol. The van der Waals surface area contributed by atoms with Crippen molar-refractivity contribution >= 4 is 15.9 Å². The molecule has 0 aliphatic heterocycles. The van der Waals surface area contributed by atoms with Gasteiger partial charge in [-0.3, -0.25) is 0 Å². The lowest BCUT2D eigenvalue weighted by Gasteiger charge is -2.18. The lowest BCUT2D eigenvalue weighted by molar-refractivity contribution is 0.517. The second-order valence-electron chi connectivity index (χ2n) is 4.27. The zero-order valence-corrected chi connectivity index (χ0v) is 12.2. The predicted octanol–water partition coefficient (Wildman–Crippen LogP) is 4.33. The Morgan fingerprint density at radius 1 is 1.26 bits per heavy atom. The first-order valence-electron chi connectivity index (χ1n) is 5.95. The van der Waals surface area contributed by atoms with Gasteiger partial charge in [0.15, 0.2) is 0 Å². The molecule has 102 valence electrons. The molecule has 2 nitrogen and oxygen atoms in total. The highest BCUT2D eigenvalue weighted by Crippen LogP contribution is 2.29. The third kappa shape index (κ3) is 3.04. The summed E-state index contributed by atoms with van der Waals surface area (Å²) in [4.78, 5) is 0. The lowest BCUT2D eigenvalue weighted by Crippen LogP contribution is -2.22. The summed E-state index contributed by atoms with van der Waals surface area (Å²) in [6.07, 6.45) is 1.56. The molecule has 1 aromatic heterocycles. The van der Waals surface area contributed by atoms with E-state index in [2.05, 4.69) is 21.2 Å². The highest BCUT2D eigenvalue weighted by Gasteiger charge is 2.20. The number of furan rings is 1. The largest absolute Gasteiger partial charge is 0.469 e. The molecule has 1 heterocycles. The average molecular weight is 330 g/mol. The van der Waals surface area contributed by atoms with E-state index in [1.807, 2.05) is 19.9 Å². The quantitative estimate of drug-likeness (QED) is 0.844. The second-order valence-corrected chi connectivity index (χ2v) is 5.12. The molecule has 0 saturated heterocycles. The highest BCUT2D eigenvalue weighted by molar-refractivity contribution is 9.10. The van der Waals surface area contributed by atoms with Gasteiger partial charge in [0, 0.05) is 11.1 Å². The second kappa shape index (κ2) is 5.84. The van der Waals surface area contributed by atoms with Crippen LogP contribution in [0.4, 0.5) is 8.78 Å². The fraction of sp³-hybridized carbons (Fsp3) is 0.286. The van der Waals surface area contributed by atoms with E-state index in [9.17, 15) is 8.78 Å². The Bertz CT molecular complexity index is 583. The summed E-state index contributed by atoms with van der Waals surface area (Å²) < 4.78 is 33.0. The van der Waals surface area contributed by atoms with Gasteiger partial charge in [0.2, 0.25) is 0 Å². The minimum Gasteiger partial charge on any atom is -0.469 e. The first-order valence-corrected chi connectivity index (χ1v) is 6.75. The van der Waals surface area contributed by atoms with E-state index in [1.165, 1.54) is 6.07 Å². The van der Waals surface area contributed by atoms with Crippen LogP contribution in [0.1, 0.15) is 29.9 Å². The van der Waals surface area contributed by atoms with Gasteiger partial charge < -0.3 is 9.73 Å². The van der Waals surface area contributed by atoms with E-state index in [0.29, 0.717) is 6.54 Å². The van der Waals surface area contributed by atoms with Crippen LogP contribution in [0.15, 0.2) is 33.4 Å². The maximum atomic E-state index is 14.0. The number of benzene rings is 1. The lowest BCUT2D eigenvalue weighted by atomic mass is 10.00. The van der Waals surface area contributed by atoms with E-state index in [1.54, 1.807) is 6.26 Å². The zero-order chi connectivity index (χ0) is 14.0. The Morgan fingerprint density at radius 3 is 2.58 bits per heavy atom. The van der Waals surface area contributed by atoms with Crippen LogP contribution in [0, 0.1) is 18.6 Å². The molecule has 1 aromatic carbocycles. The van der Waals surface area contributed by atoms with E-state index in [-0.39, 0.29) is 10.0 Å². The van der Waals surface area contributed by atoms with Crippen LogP contribution in [0.5, 0.6) is 0 Å². The topological polar surface area (TPSA) is 25.2 Å². The standard InChI is InChI=1S/C14H14BrF2NO/c1-3-18-14(9-4-8(2)19-7-9)10-5-13(17)11(15)6-12(10)16/h4-7,14,18H,3H2,1-2H3. The predicted molar refractivity (Wildman–Crippen MR) is 73.0 cm³/mol. The number of rotatable bonds is 4. The summed E-state index contributed by atoms with van der Waals surface area (Å²) in [7, 11) is 0. The molecule has 2 rings (SSSR count). The molecule has 0 bridgehead atoms. The molecule has 1 unspecified atom stereocenters. The normalized spacial score (nSPS) is 12.7. The fourth-order valence-corrected chi connectivity index (χ4v) is 2.30. The van der Waals surface area contributed by atoms with Crippen LogP contribution in [0.2, 0.25) is 0 Å². The molecule has 0 aliphatic rings. The van der Waals surface area contributed by atoms with E-state index < -0.39 is 17.7 Å². The van der Waals surface area contributed by atoms with Crippen LogP contribution in [-0.2, 0) is 0 Å². The molecule has 1 N–H and O–H groups in total. The van der Waals surface area contributed by atoms with Gasteiger partial charge in [0.1, 0.15) is 17.4 Å². The third-order valence-electron chi connectivity index (χ3n) is 2.84. The molecule has 0 radical (unpaired) electrons. The maximum absolute atomic E-state index is 14.0. The van der Waals surface area contributed by atoms with E-state index in [0.717, 1.165) is 17.4 Å². The van der Waals surface area contributed by atoms with Crippen molar-refractivity contribution in [2.75, 3.05) is 6.54 Å². The van der Waals surface area contributed by atoms with Gasteiger partial charge in [-0.1, -0.05) is 6.92 Å². The molecule has 19 heavy (non-hydrogen) atoms. The van der Waals surface area contributed by atoms with Crippen LogP contribution in [0.3, 0.4) is 0 Å². The fourth-order valence-electron chi connectivity index (χ4n) is 1.99. The molecule has 0 fully saturated rings. The minimum absolute atomic E-state index is 0.118. The minimum atomic E-state index is -0.487. The van der Waals surface area contributed by atoms with Gasteiger partial charge in [-0.05, 0) is 47.6 Å². The Morgan fingerprint density at radius 2 is 2.00 bits per heavy atom. The molecular formula is C14H14BrF2NO. The van der Waals surface area contributed by atoms with Crippen molar-refractivity contribution in [1.82, 2.24) is 5.32 Å². The Balaban J connectivity index is 2.47. The summed E-state index contributed by atoms with van der Waals surface area (Å²) in [5.74, 6) is -0.214. The zero-order valence-electron chi connectivity index (χ0n) is 10.6. The van der Waals surface area contributed by atoms with Gasteiger partial charge in [-0.2, -0.15) is 0 Å². The summed E-state index contributed by atoms with van der Waals surface area (Å²) >= 11 is 2.97. The van der Waals surface area contributed by atoms with Crippen molar-refractivity contribution in [3.63, 3.8) is 0 Å². The molecule has 2 aromatic rings. The van der Waals surface area contributed by atoms with Gasteiger partial charge >= 0.3 is 0 Å².